The highest BCUT2D eigenvalue weighted by molar-refractivity contribution is 5.93. The SMILES string of the molecule is Cc1ccc(NC(=O)C2CCN(c3ccc(C)nn3)CC2)c(C)c1. The number of nitrogens with one attached hydrogen (secondary N) is 1. The number of nitrogens with zero attached hydrogens (tertiary/aromatic N) is 3. The van der Waals surface area contributed by atoms with E-state index in [1.54, 1.807) is 0 Å². The quantitative estimate of drug-likeness (QED) is 0.941. The fourth-order valence-electron chi connectivity index (χ4n) is 3.12. The van der Waals surface area contributed by atoms with Crippen LogP contribution < -0.4 is 10.2 Å². The molecule has 0 unspecified atom stereocenters. The fourth-order valence-corrected chi connectivity index (χ4v) is 3.12. The summed E-state index contributed by atoms with van der Waals surface area (Å²) in [5.74, 6) is 1.07. The van der Waals surface area contributed by atoms with Gasteiger partial charge in [-0.15, -0.1) is 5.10 Å². The zero-order valence-corrected chi connectivity index (χ0v) is 14.5. The number of amides is 1. The fraction of sp³-hybridized carbons (Fsp3) is 0.421. The Kier molecular flexibility index (Phi) is 4.79. The molecule has 0 aliphatic carbocycles. The number of carbonyl (C=O) groups is 1. The smallest absolute Gasteiger partial charge is 0.227 e. The molecule has 1 aliphatic rings. The summed E-state index contributed by atoms with van der Waals surface area (Å²) >= 11 is 0. The normalized spacial score (nSPS) is 15.4. The molecular weight excluding hydrogens is 300 g/mol. The van der Waals surface area contributed by atoms with E-state index >= 15 is 0 Å². The Morgan fingerprint density at radius 1 is 1.08 bits per heavy atom. The number of piperidine rings is 1. The van der Waals surface area contributed by atoms with Gasteiger partial charge >= 0.3 is 0 Å². The third-order valence-corrected chi connectivity index (χ3v) is 4.61. The van der Waals surface area contributed by atoms with Crippen LogP contribution >= 0.6 is 0 Å². The number of aryl methyl sites for hydroxylation is 3. The van der Waals surface area contributed by atoms with E-state index in [1.165, 1.54) is 5.56 Å². The molecule has 0 radical (unpaired) electrons. The highest BCUT2D eigenvalue weighted by Gasteiger charge is 2.26. The van der Waals surface area contributed by atoms with Crippen LogP contribution in [-0.4, -0.2) is 29.2 Å². The van der Waals surface area contributed by atoms with Gasteiger partial charge in [0.2, 0.25) is 5.91 Å². The predicted octanol–water partition coefficient (Wildman–Crippen LogP) is 3.26. The Labute approximate surface area is 143 Å². The molecular formula is C19H24N4O. The third-order valence-electron chi connectivity index (χ3n) is 4.61. The second-order valence-electron chi connectivity index (χ2n) is 6.60. The van der Waals surface area contributed by atoms with Crippen LogP contribution in [0.15, 0.2) is 30.3 Å². The van der Waals surface area contributed by atoms with Crippen molar-refractivity contribution < 1.29 is 4.79 Å². The zero-order valence-electron chi connectivity index (χ0n) is 14.5. The van der Waals surface area contributed by atoms with Crippen molar-refractivity contribution in [1.82, 2.24) is 10.2 Å². The number of carbonyl (C=O) groups excluding carboxylic acids is 1. The molecule has 24 heavy (non-hydrogen) atoms. The van der Waals surface area contributed by atoms with Gasteiger partial charge in [0, 0.05) is 24.7 Å². The van der Waals surface area contributed by atoms with Crippen molar-refractivity contribution in [3.05, 3.63) is 47.2 Å². The molecule has 1 aliphatic heterocycles. The second-order valence-corrected chi connectivity index (χ2v) is 6.60. The summed E-state index contributed by atoms with van der Waals surface area (Å²) in [5, 5.41) is 11.4. The number of hydrogen-bond acceptors (Lipinski definition) is 4. The number of aromatic nitrogens is 2. The zero-order chi connectivity index (χ0) is 17.1. The van der Waals surface area contributed by atoms with Gasteiger partial charge in [-0.1, -0.05) is 17.7 Å². The molecule has 2 heterocycles. The first-order chi connectivity index (χ1) is 11.5. The molecule has 0 spiro atoms. The molecule has 1 N–H and O–H groups in total. The van der Waals surface area contributed by atoms with E-state index < -0.39 is 0 Å². The van der Waals surface area contributed by atoms with Crippen molar-refractivity contribution in [2.45, 2.75) is 33.6 Å². The maximum Gasteiger partial charge on any atom is 0.227 e. The Balaban J connectivity index is 1.58. The topological polar surface area (TPSA) is 58.1 Å². The van der Waals surface area contributed by atoms with E-state index in [1.807, 2.05) is 38.1 Å². The number of rotatable bonds is 3. The largest absolute Gasteiger partial charge is 0.355 e. The van der Waals surface area contributed by atoms with Crippen LogP contribution in [0, 0.1) is 26.7 Å². The lowest BCUT2D eigenvalue weighted by Gasteiger charge is -2.31. The maximum absolute atomic E-state index is 12.5. The Bertz CT molecular complexity index is 719. The third kappa shape index (κ3) is 3.72. The van der Waals surface area contributed by atoms with Crippen LogP contribution in [0.5, 0.6) is 0 Å². The monoisotopic (exact) mass is 324 g/mol. The van der Waals surface area contributed by atoms with Crippen molar-refractivity contribution in [2.24, 2.45) is 5.92 Å². The highest BCUT2D eigenvalue weighted by atomic mass is 16.1. The minimum atomic E-state index is 0.0559. The van der Waals surface area contributed by atoms with Crippen LogP contribution in [0.3, 0.4) is 0 Å². The molecule has 1 amide bonds. The average molecular weight is 324 g/mol. The molecule has 1 saturated heterocycles. The van der Waals surface area contributed by atoms with Crippen molar-refractivity contribution in [1.29, 1.82) is 0 Å². The summed E-state index contributed by atoms with van der Waals surface area (Å²) in [6.45, 7) is 7.69. The van der Waals surface area contributed by atoms with Crippen LogP contribution in [0.25, 0.3) is 0 Å². The summed E-state index contributed by atoms with van der Waals surface area (Å²) < 4.78 is 0. The van der Waals surface area contributed by atoms with Gasteiger partial charge in [0.25, 0.3) is 0 Å². The molecule has 2 aromatic rings. The lowest BCUT2D eigenvalue weighted by Crippen LogP contribution is -2.38. The van der Waals surface area contributed by atoms with Crippen molar-refractivity contribution in [3.63, 3.8) is 0 Å². The van der Waals surface area contributed by atoms with Crippen LogP contribution in [0.4, 0.5) is 11.5 Å². The Morgan fingerprint density at radius 2 is 1.83 bits per heavy atom. The lowest BCUT2D eigenvalue weighted by molar-refractivity contribution is -0.120. The molecule has 5 nitrogen and oxygen atoms in total. The molecule has 0 saturated carbocycles. The highest BCUT2D eigenvalue weighted by Crippen LogP contribution is 2.24. The van der Waals surface area contributed by atoms with Gasteiger partial charge in [-0.05, 0) is 57.4 Å². The van der Waals surface area contributed by atoms with Gasteiger partial charge < -0.3 is 10.2 Å². The van der Waals surface area contributed by atoms with Crippen molar-refractivity contribution in [3.8, 4) is 0 Å². The van der Waals surface area contributed by atoms with Crippen LogP contribution in [0.1, 0.15) is 29.7 Å². The molecule has 0 atom stereocenters. The van der Waals surface area contributed by atoms with E-state index in [0.29, 0.717) is 0 Å². The van der Waals surface area contributed by atoms with Crippen LogP contribution in [-0.2, 0) is 4.79 Å². The first-order valence-corrected chi connectivity index (χ1v) is 8.46. The molecule has 0 bridgehead atoms. The first kappa shape index (κ1) is 16.4. The number of anilines is 2. The van der Waals surface area contributed by atoms with E-state index in [9.17, 15) is 4.79 Å². The van der Waals surface area contributed by atoms with E-state index in [-0.39, 0.29) is 11.8 Å². The molecule has 5 heteroatoms. The predicted molar refractivity (Wildman–Crippen MR) is 96.3 cm³/mol. The molecule has 1 aromatic heterocycles. The minimum Gasteiger partial charge on any atom is -0.355 e. The van der Waals surface area contributed by atoms with Crippen LogP contribution in [0.2, 0.25) is 0 Å². The Morgan fingerprint density at radius 3 is 2.46 bits per heavy atom. The van der Waals surface area contributed by atoms with E-state index in [0.717, 1.165) is 48.7 Å². The van der Waals surface area contributed by atoms with Gasteiger partial charge in [-0.25, -0.2) is 0 Å². The standard InChI is InChI=1S/C19H24N4O/c1-13-4-6-17(14(2)12-13)20-19(24)16-8-10-23(11-9-16)18-7-5-15(3)21-22-18/h4-7,12,16H,8-11H2,1-3H3,(H,20,24). The minimum absolute atomic E-state index is 0.0559. The maximum atomic E-state index is 12.5. The van der Waals surface area contributed by atoms with Gasteiger partial charge in [-0.3, -0.25) is 4.79 Å². The van der Waals surface area contributed by atoms with Crippen molar-refractivity contribution in [2.75, 3.05) is 23.3 Å². The molecule has 1 fully saturated rings. The molecule has 3 rings (SSSR count). The number of benzene rings is 1. The summed E-state index contributed by atoms with van der Waals surface area (Å²) in [6.07, 6.45) is 1.68. The van der Waals surface area contributed by atoms with Gasteiger partial charge in [0.15, 0.2) is 5.82 Å². The summed E-state index contributed by atoms with van der Waals surface area (Å²) in [4.78, 5) is 14.7. The summed E-state index contributed by atoms with van der Waals surface area (Å²) in [6, 6.07) is 10.1. The first-order valence-electron chi connectivity index (χ1n) is 8.46. The Hall–Kier alpha value is -2.43. The van der Waals surface area contributed by atoms with E-state index in [4.69, 9.17) is 0 Å². The van der Waals surface area contributed by atoms with Gasteiger partial charge in [-0.2, -0.15) is 5.10 Å². The van der Waals surface area contributed by atoms with Crippen molar-refractivity contribution >= 4 is 17.4 Å². The number of hydrogen-bond donors (Lipinski definition) is 1. The summed E-state index contributed by atoms with van der Waals surface area (Å²) in [7, 11) is 0. The molecule has 126 valence electrons. The average Bonchev–Trinajstić information content (AvgIpc) is 2.58. The lowest BCUT2D eigenvalue weighted by atomic mass is 9.95. The van der Waals surface area contributed by atoms with Gasteiger partial charge in [0.05, 0.1) is 5.69 Å². The van der Waals surface area contributed by atoms with E-state index in [2.05, 4.69) is 33.4 Å². The summed E-state index contributed by atoms with van der Waals surface area (Å²) in [5.41, 5.74) is 4.15. The van der Waals surface area contributed by atoms with Gasteiger partial charge in [0.1, 0.15) is 0 Å². The second kappa shape index (κ2) is 6.99. The molecule has 1 aromatic carbocycles.